The third kappa shape index (κ3) is 8.60. The molecule has 0 aliphatic rings. The molecule has 9 heteroatoms. The van der Waals surface area contributed by atoms with Gasteiger partial charge in [-0.3, -0.25) is 9.59 Å². The summed E-state index contributed by atoms with van der Waals surface area (Å²) in [4.78, 5) is 35.6. The lowest BCUT2D eigenvalue weighted by atomic mass is 10.1. The average molecular weight is 584 g/mol. The molecule has 4 N–H and O–H groups in total. The van der Waals surface area contributed by atoms with Crippen LogP contribution < -0.4 is 21.3 Å². The van der Waals surface area contributed by atoms with Gasteiger partial charge in [-0.25, -0.2) is 9.97 Å². The molecule has 0 bridgehead atoms. The lowest BCUT2D eigenvalue weighted by molar-refractivity contribution is -0.111. The molecule has 0 saturated carbocycles. The maximum absolute atomic E-state index is 12.9. The van der Waals surface area contributed by atoms with Crippen molar-refractivity contribution in [3.8, 4) is 11.1 Å². The molecule has 0 aliphatic carbocycles. The van der Waals surface area contributed by atoms with Gasteiger partial charge in [-0.05, 0) is 79.8 Å². The summed E-state index contributed by atoms with van der Waals surface area (Å²) in [5.41, 5.74) is 5.59. The van der Waals surface area contributed by atoms with Gasteiger partial charge in [0.2, 0.25) is 5.91 Å². The van der Waals surface area contributed by atoms with Gasteiger partial charge in [0.05, 0.1) is 0 Å². The van der Waals surface area contributed by atoms with Gasteiger partial charge >= 0.3 is 0 Å². The molecule has 0 radical (unpaired) electrons. The number of hydrogen-bond acceptors (Lipinski definition) is 7. The number of nitrogens with one attached hydrogen (secondary N) is 4. The first-order valence-electron chi connectivity index (χ1n) is 14.1. The van der Waals surface area contributed by atoms with E-state index in [4.69, 9.17) is 0 Å². The Morgan fingerprint density at radius 2 is 1.30 bits per heavy atom. The zero-order chi connectivity index (χ0) is 30.7. The van der Waals surface area contributed by atoms with Crippen LogP contribution in [-0.4, -0.2) is 47.3 Å². The average Bonchev–Trinajstić information content (AvgIpc) is 3.02. The number of carbonyl (C=O) groups is 2. The van der Waals surface area contributed by atoms with E-state index < -0.39 is 0 Å². The number of benzene rings is 4. The lowest BCUT2D eigenvalue weighted by Gasteiger charge is -2.11. The van der Waals surface area contributed by atoms with Gasteiger partial charge in [0, 0.05) is 47.0 Å². The van der Waals surface area contributed by atoms with E-state index in [0.29, 0.717) is 35.1 Å². The van der Waals surface area contributed by atoms with Gasteiger partial charge in [-0.15, -0.1) is 0 Å². The quantitative estimate of drug-likeness (QED) is 0.125. The molecule has 5 rings (SSSR count). The van der Waals surface area contributed by atoms with Gasteiger partial charge in [0.15, 0.2) is 0 Å². The maximum Gasteiger partial charge on any atom is 0.255 e. The van der Waals surface area contributed by atoms with Gasteiger partial charge in [-0.2, -0.15) is 0 Å². The van der Waals surface area contributed by atoms with Crippen LogP contribution in [0.3, 0.4) is 0 Å². The smallest absolute Gasteiger partial charge is 0.255 e. The van der Waals surface area contributed by atoms with E-state index in [2.05, 4.69) is 55.5 Å². The van der Waals surface area contributed by atoms with Crippen molar-refractivity contribution in [3.63, 3.8) is 0 Å². The first-order valence-corrected chi connectivity index (χ1v) is 14.1. The molecule has 1 heterocycles. The summed E-state index contributed by atoms with van der Waals surface area (Å²) in [7, 11) is 3.86. The summed E-state index contributed by atoms with van der Waals surface area (Å²) in [5, 5.41) is 12.3. The highest BCUT2D eigenvalue weighted by Gasteiger charge is 2.08. The van der Waals surface area contributed by atoms with E-state index in [-0.39, 0.29) is 11.8 Å². The van der Waals surface area contributed by atoms with Crippen molar-refractivity contribution in [1.82, 2.24) is 14.9 Å². The molecule has 0 spiro atoms. The van der Waals surface area contributed by atoms with E-state index in [9.17, 15) is 9.59 Å². The number of carbonyl (C=O) groups excluding carboxylic acids is 2. The van der Waals surface area contributed by atoms with Crippen LogP contribution in [0, 0.1) is 0 Å². The summed E-state index contributed by atoms with van der Waals surface area (Å²) < 4.78 is 0. The van der Waals surface area contributed by atoms with Crippen molar-refractivity contribution in [3.05, 3.63) is 133 Å². The van der Waals surface area contributed by atoms with Crippen molar-refractivity contribution in [2.75, 3.05) is 41.9 Å². The molecule has 0 fully saturated rings. The van der Waals surface area contributed by atoms with Crippen LogP contribution in [0.15, 0.2) is 128 Å². The lowest BCUT2D eigenvalue weighted by Crippen LogP contribution is -2.13. The van der Waals surface area contributed by atoms with Crippen molar-refractivity contribution >= 4 is 46.2 Å². The summed E-state index contributed by atoms with van der Waals surface area (Å²) in [5.74, 6) is 0.746. The van der Waals surface area contributed by atoms with E-state index in [0.717, 1.165) is 22.5 Å². The fourth-order valence-electron chi connectivity index (χ4n) is 4.33. The van der Waals surface area contributed by atoms with Crippen LogP contribution in [0.25, 0.3) is 11.1 Å². The predicted octanol–water partition coefficient (Wildman–Crippen LogP) is 6.94. The molecule has 220 valence electrons. The standard InChI is InChI=1S/C35H33N7O2/c1-42(2)20-8-15-34(43)40-28-18-16-26(17-19-28)35(44)41-31-14-7-13-30(22-31)39-33-23-32(36-24-37-33)38-29-12-6-11-27(21-29)25-9-4-3-5-10-25/h3-19,21-24H,20H2,1-2H3,(H,40,43)(H,41,44)(H2,36,37,38,39). The fourth-order valence-corrected chi connectivity index (χ4v) is 4.33. The Kier molecular flexibility index (Phi) is 9.71. The normalized spacial score (nSPS) is 10.9. The van der Waals surface area contributed by atoms with Crippen LogP contribution in [0.4, 0.5) is 34.4 Å². The molecule has 44 heavy (non-hydrogen) atoms. The summed E-state index contributed by atoms with van der Waals surface area (Å²) in [6, 6.07) is 34.2. The zero-order valence-corrected chi connectivity index (χ0v) is 24.5. The Bertz CT molecular complexity index is 1750. The Morgan fingerprint density at radius 3 is 2.00 bits per heavy atom. The highest BCUT2D eigenvalue weighted by atomic mass is 16.2. The second kappa shape index (κ2) is 14.4. The predicted molar refractivity (Wildman–Crippen MR) is 178 cm³/mol. The third-order valence-electron chi connectivity index (χ3n) is 6.46. The maximum atomic E-state index is 12.9. The number of amides is 2. The van der Waals surface area contributed by atoms with Gasteiger partial charge in [0.1, 0.15) is 18.0 Å². The van der Waals surface area contributed by atoms with Crippen LogP contribution in [0.5, 0.6) is 0 Å². The molecule has 2 amide bonds. The van der Waals surface area contributed by atoms with Crippen LogP contribution in [0.1, 0.15) is 10.4 Å². The zero-order valence-electron chi connectivity index (χ0n) is 24.5. The fraction of sp³-hybridized carbons (Fsp3) is 0.0857. The minimum Gasteiger partial charge on any atom is -0.340 e. The van der Waals surface area contributed by atoms with Crippen molar-refractivity contribution in [2.24, 2.45) is 0 Å². The van der Waals surface area contributed by atoms with Crippen LogP contribution in [0.2, 0.25) is 0 Å². The molecule has 1 aromatic heterocycles. The summed E-state index contributed by atoms with van der Waals surface area (Å²) >= 11 is 0. The van der Waals surface area contributed by atoms with E-state index in [1.165, 1.54) is 12.4 Å². The highest BCUT2D eigenvalue weighted by Crippen LogP contribution is 2.25. The van der Waals surface area contributed by atoms with Crippen molar-refractivity contribution in [1.29, 1.82) is 0 Å². The first-order chi connectivity index (χ1) is 21.4. The number of hydrogen-bond donors (Lipinski definition) is 4. The van der Waals surface area contributed by atoms with Crippen LogP contribution >= 0.6 is 0 Å². The van der Waals surface area contributed by atoms with Crippen molar-refractivity contribution < 1.29 is 9.59 Å². The first kappa shape index (κ1) is 29.7. The minimum absolute atomic E-state index is 0.225. The molecule has 0 unspecified atom stereocenters. The molecule has 4 aromatic carbocycles. The van der Waals surface area contributed by atoms with E-state index in [1.54, 1.807) is 30.3 Å². The Morgan fingerprint density at radius 1 is 0.659 bits per heavy atom. The number of anilines is 6. The van der Waals surface area contributed by atoms with Gasteiger partial charge in [-0.1, -0.05) is 54.6 Å². The van der Waals surface area contributed by atoms with E-state index >= 15 is 0 Å². The Balaban J connectivity index is 1.18. The molecular formula is C35H33N7O2. The number of aromatic nitrogens is 2. The highest BCUT2D eigenvalue weighted by molar-refractivity contribution is 6.05. The monoisotopic (exact) mass is 583 g/mol. The second-order valence-electron chi connectivity index (χ2n) is 10.3. The Hall–Kier alpha value is -5.80. The van der Waals surface area contributed by atoms with Gasteiger partial charge in [0.25, 0.3) is 5.91 Å². The van der Waals surface area contributed by atoms with Crippen LogP contribution in [-0.2, 0) is 4.79 Å². The number of rotatable bonds is 11. The molecule has 0 aliphatic heterocycles. The largest absolute Gasteiger partial charge is 0.340 e. The summed E-state index contributed by atoms with van der Waals surface area (Å²) in [6.07, 6.45) is 4.77. The topological polar surface area (TPSA) is 111 Å². The number of likely N-dealkylation sites (N-methyl/N-ethyl adjacent to an activating group) is 1. The molecule has 0 saturated heterocycles. The molecule has 5 aromatic rings. The van der Waals surface area contributed by atoms with Crippen molar-refractivity contribution in [2.45, 2.75) is 0 Å². The Labute approximate surface area is 256 Å². The third-order valence-corrected chi connectivity index (χ3v) is 6.46. The summed E-state index contributed by atoms with van der Waals surface area (Å²) in [6.45, 7) is 0.672. The molecular weight excluding hydrogens is 550 g/mol. The SMILES string of the molecule is CN(C)CC=CC(=O)Nc1ccc(C(=O)Nc2cccc(Nc3cc(Nc4cccc(-c5ccccc5)c4)ncn3)c2)cc1. The van der Waals surface area contributed by atoms with Gasteiger partial charge < -0.3 is 26.2 Å². The molecule has 0 atom stereocenters. The number of nitrogens with zero attached hydrogens (tertiary/aromatic N) is 3. The molecule has 9 nitrogen and oxygen atoms in total. The van der Waals surface area contributed by atoms with E-state index in [1.807, 2.05) is 79.7 Å². The minimum atomic E-state index is -0.267. The second-order valence-corrected chi connectivity index (χ2v) is 10.3.